The van der Waals surface area contributed by atoms with E-state index in [4.69, 9.17) is 27.8 Å². The fourth-order valence-corrected chi connectivity index (χ4v) is 1.93. The first-order valence-electron chi connectivity index (χ1n) is 6.81. The topological polar surface area (TPSA) is 108 Å². The van der Waals surface area contributed by atoms with Crippen LogP contribution in [0.15, 0.2) is 40.5 Å². The van der Waals surface area contributed by atoms with Crippen LogP contribution >= 0.6 is 11.6 Å². The number of Topliss-reactive ketones (excluding diaryl/α,β-unsaturated/α-hetero) is 1. The molecular formula is C15H15ClF3N3O3. The van der Waals surface area contributed by atoms with E-state index in [0.29, 0.717) is 0 Å². The van der Waals surface area contributed by atoms with Gasteiger partial charge in [-0.2, -0.15) is 13.2 Å². The molecule has 0 heterocycles. The second-order valence-corrected chi connectivity index (χ2v) is 5.26. The van der Waals surface area contributed by atoms with Gasteiger partial charge in [0.05, 0.1) is 5.02 Å². The highest BCUT2D eigenvalue weighted by Crippen LogP contribution is 2.17. The lowest BCUT2D eigenvalue weighted by Gasteiger charge is -2.10. The Labute approximate surface area is 146 Å². The molecule has 0 aliphatic heterocycles. The van der Waals surface area contributed by atoms with Crippen molar-refractivity contribution >= 4 is 29.2 Å². The average Bonchev–Trinajstić information content (AvgIpc) is 2.50. The number of hydrogen-bond acceptors (Lipinski definition) is 5. The predicted molar refractivity (Wildman–Crippen MR) is 86.2 cm³/mol. The number of halogens is 4. The van der Waals surface area contributed by atoms with E-state index in [9.17, 15) is 22.8 Å². The molecule has 0 saturated heterocycles. The smallest absolute Gasteiger partial charge is 0.408 e. The van der Waals surface area contributed by atoms with Gasteiger partial charge in [0.2, 0.25) is 5.78 Å². The molecule has 0 spiro atoms. The number of aliphatic imine (C=N–C) groups is 1. The molecule has 0 radical (unpaired) electrons. The molecule has 4 N–H and O–H groups in total. The number of hydrogen-bond donors (Lipinski definition) is 2. The van der Waals surface area contributed by atoms with Crippen LogP contribution in [-0.4, -0.2) is 36.9 Å². The lowest BCUT2D eigenvalue weighted by molar-refractivity contribution is -0.137. The van der Waals surface area contributed by atoms with E-state index >= 15 is 0 Å². The summed E-state index contributed by atoms with van der Waals surface area (Å²) in [5, 5.41) is 0.167. The minimum absolute atomic E-state index is 0.130. The number of nitrogens with zero attached hydrogens (tertiary/aromatic N) is 1. The number of carbonyl (C=O) groups is 2. The Morgan fingerprint density at radius 3 is 2.36 bits per heavy atom. The molecule has 6 nitrogen and oxygen atoms in total. The molecular weight excluding hydrogens is 363 g/mol. The van der Waals surface area contributed by atoms with Crippen LogP contribution in [0.4, 0.5) is 13.2 Å². The SMILES string of the molecule is C/C(N)=C(\C(=O)OCC(=O)c1ccccc1Cl)C(N)=NCC(F)(F)F. The summed E-state index contributed by atoms with van der Waals surface area (Å²) in [7, 11) is 0. The third-order valence-corrected chi connectivity index (χ3v) is 3.12. The zero-order valence-electron chi connectivity index (χ0n) is 13.1. The molecule has 0 fully saturated rings. The molecule has 0 atom stereocenters. The first-order chi connectivity index (χ1) is 11.5. The number of nitrogens with two attached hydrogens (primary N) is 2. The van der Waals surface area contributed by atoms with E-state index in [0.717, 1.165) is 0 Å². The Balaban J connectivity index is 2.84. The largest absolute Gasteiger partial charge is 0.454 e. The van der Waals surface area contributed by atoms with Crippen molar-refractivity contribution in [3.8, 4) is 0 Å². The molecule has 10 heteroatoms. The molecule has 0 aliphatic carbocycles. The molecule has 1 aromatic rings. The van der Waals surface area contributed by atoms with Gasteiger partial charge in [0.25, 0.3) is 0 Å². The Morgan fingerprint density at radius 1 is 1.24 bits per heavy atom. The van der Waals surface area contributed by atoms with Gasteiger partial charge >= 0.3 is 12.1 Å². The van der Waals surface area contributed by atoms with Crippen molar-refractivity contribution < 1.29 is 27.5 Å². The summed E-state index contributed by atoms with van der Waals surface area (Å²) in [4.78, 5) is 27.0. The quantitative estimate of drug-likeness (QED) is 0.260. The van der Waals surface area contributed by atoms with E-state index < -0.39 is 42.5 Å². The van der Waals surface area contributed by atoms with Crippen molar-refractivity contribution in [2.45, 2.75) is 13.1 Å². The number of benzene rings is 1. The molecule has 136 valence electrons. The standard InChI is InChI=1S/C15H15ClF3N3O3/c1-8(20)12(13(21)22-7-15(17,18)19)14(24)25-6-11(23)9-4-2-3-5-10(9)16/h2-5H,6-7,20H2,1H3,(H2,21,22)/b12-8+. The fraction of sp³-hybridized carbons (Fsp3) is 0.267. The van der Waals surface area contributed by atoms with Gasteiger partial charge in [0.15, 0.2) is 6.61 Å². The van der Waals surface area contributed by atoms with E-state index in [1.807, 2.05) is 0 Å². The lowest BCUT2D eigenvalue weighted by Crippen LogP contribution is -2.29. The average molecular weight is 378 g/mol. The second-order valence-electron chi connectivity index (χ2n) is 4.85. The normalized spacial score (nSPS) is 13.2. The molecule has 0 amide bonds. The zero-order valence-corrected chi connectivity index (χ0v) is 13.8. The number of alkyl halides is 3. The lowest BCUT2D eigenvalue weighted by atomic mass is 10.1. The fourth-order valence-electron chi connectivity index (χ4n) is 1.69. The Hall–Kier alpha value is -2.55. The summed E-state index contributed by atoms with van der Waals surface area (Å²) in [6.45, 7) is -1.03. The van der Waals surface area contributed by atoms with Crippen molar-refractivity contribution in [3.63, 3.8) is 0 Å². The minimum atomic E-state index is -4.60. The van der Waals surface area contributed by atoms with E-state index in [2.05, 4.69) is 4.99 Å². The summed E-state index contributed by atoms with van der Waals surface area (Å²) in [6.07, 6.45) is -4.60. The highest BCUT2D eigenvalue weighted by Gasteiger charge is 2.28. The van der Waals surface area contributed by atoms with Gasteiger partial charge in [-0.15, -0.1) is 0 Å². The van der Waals surface area contributed by atoms with Crippen LogP contribution in [0.1, 0.15) is 17.3 Å². The van der Waals surface area contributed by atoms with Gasteiger partial charge in [-0.1, -0.05) is 23.7 Å². The molecule has 0 saturated carbocycles. The van der Waals surface area contributed by atoms with Gasteiger partial charge in [-0.05, 0) is 19.1 Å². The van der Waals surface area contributed by atoms with Crippen LogP contribution in [0.2, 0.25) is 5.02 Å². The molecule has 1 aromatic carbocycles. The maximum atomic E-state index is 12.2. The second kappa shape index (κ2) is 8.52. The Bertz CT molecular complexity index is 726. The van der Waals surface area contributed by atoms with Crippen molar-refractivity contribution in [3.05, 3.63) is 46.1 Å². The molecule has 0 unspecified atom stereocenters. The van der Waals surface area contributed by atoms with E-state index in [1.54, 1.807) is 12.1 Å². The van der Waals surface area contributed by atoms with Crippen LogP contribution < -0.4 is 11.5 Å². The van der Waals surface area contributed by atoms with Crippen LogP contribution in [0.5, 0.6) is 0 Å². The first kappa shape index (κ1) is 20.5. The van der Waals surface area contributed by atoms with Crippen LogP contribution in [0.25, 0.3) is 0 Å². The van der Waals surface area contributed by atoms with Crippen LogP contribution in [0.3, 0.4) is 0 Å². The van der Waals surface area contributed by atoms with Crippen molar-refractivity contribution in [1.82, 2.24) is 0 Å². The van der Waals surface area contributed by atoms with Crippen LogP contribution in [0, 0.1) is 0 Å². The number of rotatable bonds is 6. The third kappa shape index (κ3) is 6.46. The number of carbonyl (C=O) groups excluding carboxylic acids is 2. The van der Waals surface area contributed by atoms with Crippen LogP contribution in [-0.2, 0) is 9.53 Å². The van der Waals surface area contributed by atoms with E-state index in [1.165, 1.54) is 19.1 Å². The minimum Gasteiger partial charge on any atom is -0.454 e. The summed E-state index contributed by atoms with van der Waals surface area (Å²) in [5.41, 5.74) is 10.2. The molecule has 0 bridgehead atoms. The molecule has 25 heavy (non-hydrogen) atoms. The van der Waals surface area contributed by atoms with Gasteiger partial charge in [-0.25, -0.2) is 4.79 Å². The first-order valence-corrected chi connectivity index (χ1v) is 7.19. The third-order valence-electron chi connectivity index (χ3n) is 2.79. The maximum Gasteiger partial charge on any atom is 0.408 e. The zero-order chi connectivity index (χ0) is 19.2. The highest BCUT2D eigenvalue weighted by molar-refractivity contribution is 6.34. The van der Waals surface area contributed by atoms with E-state index in [-0.39, 0.29) is 16.3 Å². The van der Waals surface area contributed by atoms with Gasteiger partial charge in [0.1, 0.15) is 18.0 Å². The van der Waals surface area contributed by atoms with Crippen molar-refractivity contribution in [1.29, 1.82) is 0 Å². The van der Waals surface area contributed by atoms with Gasteiger partial charge in [-0.3, -0.25) is 9.79 Å². The molecule has 0 aromatic heterocycles. The summed E-state index contributed by atoms with van der Waals surface area (Å²) in [5.74, 6) is -2.49. The number of ether oxygens (including phenoxy) is 1. The summed E-state index contributed by atoms with van der Waals surface area (Å²) in [6, 6.07) is 6.09. The number of ketones is 1. The Kier molecular flexibility index (Phi) is 6.98. The number of esters is 1. The molecule has 0 aliphatic rings. The summed E-state index contributed by atoms with van der Waals surface area (Å²) >= 11 is 5.85. The number of amidine groups is 1. The highest BCUT2D eigenvalue weighted by atomic mass is 35.5. The number of allylic oxidation sites excluding steroid dienone is 1. The van der Waals surface area contributed by atoms with Gasteiger partial charge < -0.3 is 16.2 Å². The molecule has 1 rings (SSSR count). The van der Waals surface area contributed by atoms with Gasteiger partial charge in [0, 0.05) is 11.3 Å². The van der Waals surface area contributed by atoms with Crippen molar-refractivity contribution in [2.75, 3.05) is 13.2 Å². The Morgan fingerprint density at radius 2 is 1.84 bits per heavy atom. The monoisotopic (exact) mass is 377 g/mol. The maximum absolute atomic E-state index is 12.2. The predicted octanol–water partition coefficient (Wildman–Crippen LogP) is 2.22. The van der Waals surface area contributed by atoms with Crippen molar-refractivity contribution in [2.24, 2.45) is 16.5 Å². The summed E-state index contributed by atoms with van der Waals surface area (Å²) < 4.78 is 41.3.